The molecule has 12 heteroatoms. The fraction of sp³-hybridized carbons (Fsp3) is 0.321. The lowest BCUT2D eigenvalue weighted by Gasteiger charge is -2.39. The molecule has 40 heavy (non-hydrogen) atoms. The number of nitrogens with zero attached hydrogens (tertiary/aromatic N) is 8. The van der Waals surface area contributed by atoms with Crippen LogP contribution < -0.4 is 5.73 Å². The first kappa shape index (κ1) is 24.2. The molecule has 0 aromatic carbocycles. The third-order valence-corrected chi connectivity index (χ3v) is 8.20. The molecule has 0 radical (unpaired) electrons. The van der Waals surface area contributed by atoms with Crippen molar-refractivity contribution in [3.05, 3.63) is 66.0 Å². The van der Waals surface area contributed by atoms with Crippen molar-refractivity contribution in [2.75, 3.05) is 5.73 Å². The van der Waals surface area contributed by atoms with Crippen molar-refractivity contribution in [2.24, 2.45) is 7.05 Å². The summed E-state index contributed by atoms with van der Waals surface area (Å²) in [4.78, 5) is 37.7. The number of amides is 1. The first-order valence-electron chi connectivity index (χ1n) is 13.4. The number of pyridine rings is 1. The molecule has 7 rings (SSSR count). The third kappa shape index (κ3) is 3.78. The number of Topliss-reactive ketones (excluding diaryl/α,β-unsaturated/α-hetero) is 1. The Morgan fingerprint density at radius 2 is 1.85 bits per heavy atom. The fourth-order valence-electron chi connectivity index (χ4n) is 6.40. The Balaban J connectivity index is 1.26. The summed E-state index contributed by atoms with van der Waals surface area (Å²) in [7, 11) is 1.87. The fourth-order valence-corrected chi connectivity index (χ4v) is 6.40. The number of aromatic nitrogens is 8. The van der Waals surface area contributed by atoms with Gasteiger partial charge in [0.05, 0.1) is 23.1 Å². The van der Waals surface area contributed by atoms with E-state index in [0.29, 0.717) is 35.4 Å². The number of ketones is 1. The molecular formula is C28H28N10O2. The molecule has 2 aliphatic rings. The van der Waals surface area contributed by atoms with Gasteiger partial charge in [-0.2, -0.15) is 19.8 Å². The van der Waals surface area contributed by atoms with E-state index in [4.69, 9.17) is 10.7 Å². The Morgan fingerprint density at radius 3 is 2.48 bits per heavy atom. The zero-order valence-corrected chi connectivity index (χ0v) is 22.2. The number of nitrogens with two attached hydrogens (primary N) is 1. The molecule has 7 heterocycles. The van der Waals surface area contributed by atoms with Gasteiger partial charge in [-0.3, -0.25) is 24.4 Å². The zero-order chi connectivity index (χ0) is 27.5. The normalized spacial score (nSPS) is 20.4. The molecule has 5 aromatic rings. The van der Waals surface area contributed by atoms with Gasteiger partial charge in [0.15, 0.2) is 11.4 Å². The lowest BCUT2D eigenvalue weighted by Crippen LogP contribution is -2.46. The van der Waals surface area contributed by atoms with Gasteiger partial charge in [-0.05, 0) is 50.8 Å². The number of rotatable bonds is 5. The van der Waals surface area contributed by atoms with Crippen LogP contribution in [0.5, 0.6) is 0 Å². The highest BCUT2D eigenvalue weighted by Gasteiger charge is 2.45. The summed E-state index contributed by atoms with van der Waals surface area (Å²) in [5.74, 6) is 0.0867. The minimum Gasteiger partial charge on any atom is -0.383 e. The summed E-state index contributed by atoms with van der Waals surface area (Å²) < 4.78 is 3.27. The van der Waals surface area contributed by atoms with Gasteiger partial charge in [-0.1, -0.05) is 6.07 Å². The number of aryl methyl sites for hydroxylation is 1. The Labute approximate surface area is 229 Å². The molecule has 0 aliphatic carbocycles. The van der Waals surface area contributed by atoms with Crippen LogP contribution in [0.2, 0.25) is 0 Å². The molecule has 0 spiro atoms. The van der Waals surface area contributed by atoms with Gasteiger partial charge in [-0.15, -0.1) is 0 Å². The monoisotopic (exact) mass is 536 g/mol. The molecule has 1 amide bonds. The molecule has 2 aliphatic heterocycles. The molecule has 2 bridgehead atoms. The van der Waals surface area contributed by atoms with Crippen LogP contribution in [0, 0.1) is 0 Å². The first-order valence-corrected chi connectivity index (χ1v) is 13.4. The molecule has 5 aromatic heterocycles. The van der Waals surface area contributed by atoms with E-state index in [1.165, 1.54) is 11.4 Å². The van der Waals surface area contributed by atoms with E-state index in [1.807, 2.05) is 36.3 Å². The number of anilines is 1. The zero-order valence-electron chi connectivity index (χ0n) is 22.2. The number of carbonyl (C=O) groups is 2. The van der Waals surface area contributed by atoms with Crippen molar-refractivity contribution in [3.63, 3.8) is 0 Å². The molecule has 2 fully saturated rings. The van der Waals surface area contributed by atoms with Crippen LogP contribution in [0.25, 0.3) is 28.2 Å². The number of aromatic amines is 1. The molecule has 3 N–H and O–H groups in total. The van der Waals surface area contributed by atoms with Gasteiger partial charge in [0.1, 0.15) is 17.2 Å². The highest BCUT2D eigenvalue weighted by Crippen LogP contribution is 2.45. The van der Waals surface area contributed by atoms with Crippen molar-refractivity contribution in [1.82, 2.24) is 44.5 Å². The minimum atomic E-state index is -0.149. The second kappa shape index (κ2) is 9.11. The largest absolute Gasteiger partial charge is 0.383 e. The van der Waals surface area contributed by atoms with E-state index in [1.54, 1.807) is 29.3 Å². The lowest BCUT2D eigenvalue weighted by molar-refractivity contribution is 0.0562. The van der Waals surface area contributed by atoms with Crippen LogP contribution in [0.1, 0.15) is 65.1 Å². The van der Waals surface area contributed by atoms with Crippen molar-refractivity contribution in [1.29, 1.82) is 0 Å². The number of nitrogen functional groups attached to an aromatic ring is 1. The first-order chi connectivity index (χ1) is 19.4. The number of nitrogens with one attached hydrogen (secondary N) is 1. The topological polar surface area (TPSA) is 153 Å². The summed E-state index contributed by atoms with van der Waals surface area (Å²) >= 11 is 0. The van der Waals surface area contributed by atoms with Crippen LogP contribution in [-0.2, 0) is 7.05 Å². The molecule has 12 nitrogen and oxygen atoms in total. The summed E-state index contributed by atoms with van der Waals surface area (Å²) in [5.41, 5.74) is 11.9. The second-order valence-corrected chi connectivity index (χ2v) is 10.6. The van der Waals surface area contributed by atoms with Crippen molar-refractivity contribution in [3.8, 4) is 22.5 Å². The molecular weight excluding hydrogens is 508 g/mol. The van der Waals surface area contributed by atoms with Gasteiger partial charge in [0.2, 0.25) is 0 Å². The van der Waals surface area contributed by atoms with Crippen molar-refractivity contribution < 1.29 is 9.59 Å². The van der Waals surface area contributed by atoms with E-state index in [-0.39, 0.29) is 35.5 Å². The van der Waals surface area contributed by atoms with Crippen LogP contribution in [0.4, 0.5) is 5.82 Å². The Hall–Kier alpha value is -4.87. The minimum absolute atomic E-state index is 0.0121. The van der Waals surface area contributed by atoms with E-state index in [9.17, 15) is 9.59 Å². The van der Waals surface area contributed by atoms with E-state index in [0.717, 1.165) is 35.4 Å². The van der Waals surface area contributed by atoms with Gasteiger partial charge in [-0.25, -0.2) is 4.98 Å². The van der Waals surface area contributed by atoms with Gasteiger partial charge in [0.25, 0.3) is 5.91 Å². The molecule has 2 saturated heterocycles. The molecule has 1 unspecified atom stereocenters. The van der Waals surface area contributed by atoms with Crippen LogP contribution in [-0.4, -0.2) is 68.2 Å². The summed E-state index contributed by atoms with van der Waals surface area (Å²) in [6, 6.07) is 7.62. The Bertz CT molecular complexity index is 1740. The van der Waals surface area contributed by atoms with E-state index in [2.05, 4.69) is 25.4 Å². The maximum absolute atomic E-state index is 13.2. The number of H-pyrrole nitrogens is 1. The predicted octanol–water partition coefficient (Wildman–Crippen LogP) is 3.25. The number of carbonyl (C=O) groups excluding carboxylic acids is 2. The number of hydrogen-bond acceptors (Lipinski definition) is 8. The molecule has 3 atom stereocenters. The van der Waals surface area contributed by atoms with Crippen LogP contribution in [0.15, 0.2) is 49.1 Å². The smallest absolute Gasteiger partial charge is 0.272 e. The lowest BCUT2D eigenvalue weighted by atomic mass is 9.85. The van der Waals surface area contributed by atoms with Crippen LogP contribution >= 0.6 is 0 Å². The van der Waals surface area contributed by atoms with Gasteiger partial charge in [0, 0.05) is 54.8 Å². The number of fused-ring (bicyclic) bond motifs is 3. The Kier molecular flexibility index (Phi) is 5.51. The second-order valence-electron chi connectivity index (χ2n) is 10.6. The van der Waals surface area contributed by atoms with Crippen molar-refractivity contribution >= 4 is 23.2 Å². The SMILES string of the molecule is CC(=O)c1c(C2C[C@H]3CC[C@@H](C2)N3C(=O)c2ccn[nH]2)nc2c(-c3ccc(-c4ccn(C)n4)nc3)cnn2c1N. The summed E-state index contributed by atoms with van der Waals surface area (Å²) in [6.45, 7) is 1.51. The van der Waals surface area contributed by atoms with E-state index < -0.39 is 0 Å². The molecule has 202 valence electrons. The standard InChI is InChI=1S/C28H28N10O2/c1-15(39)24-25(17-11-18-4-5-19(12-17)37(18)28(40)23-7-9-31-34-23)33-27-20(14-32-38(27)26(24)29)16-3-6-21(30-13-16)22-8-10-36(2)35-22/h3,6-10,13-14,17-19H,4-5,11-12,29H2,1-2H3,(H,31,34)/t17?,18-,19+. The van der Waals surface area contributed by atoms with Crippen molar-refractivity contribution in [2.45, 2.75) is 50.6 Å². The summed E-state index contributed by atoms with van der Waals surface area (Å²) in [5, 5.41) is 15.6. The van der Waals surface area contributed by atoms with Gasteiger partial charge >= 0.3 is 0 Å². The maximum Gasteiger partial charge on any atom is 0.272 e. The van der Waals surface area contributed by atoms with E-state index >= 15 is 0 Å². The highest BCUT2D eigenvalue weighted by molar-refractivity contribution is 6.00. The summed E-state index contributed by atoms with van der Waals surface area (Å²) in [6.07, 6.45) is 10.2. The van der Waals surface area contributed by atoms with Crippen LogP contribution in [0.3, 0.4) is 0 Å². The maximum atomic E-state index is 13.2. The van der Waals surface area contributed by atoms with Gasteiger partial charge < -0.3 is 10.6 Å². The average Bonchev–Trinajstić information content (AvgIpc) is 3.75. The molecule has 0 saturated carbocycles. The quantitative estimate of drug-likeness (QED) is 0.325. The Morgan fingerprint density at radius 1 is 1.05 bits per heavy atom. The highest BCUT2D eigenvalue weighted by atomic mass is 16.2. The average molecular weight is 537 g/mol. The number of piperidine rings is 1. The number of hydrogen-bond donors (Lipinski definition) is 2. The third-order valence-electron chi connectivity index (χ3n) is 8.20. The predicted molar refractivity (Wildman–Crippen MR) is 146 cm³/mol.